The molecule has 0 saturated heterocycles. The van der Waals surface area contributed by atoms with E-state index >= 15 is 0 Å². The van der Waals surface area contributed by atoms with Crippen molar-refractivity contribution in [3.8, 4) is 11.5 Å². The number of rotatable bonds is 6. The van der Waals surface area contributed by atoms with Gasteiger partial charge in [-0.15, -0.1) is 0 Å². The Morgan fingerprint density at radius 1 is 1.29 bits per heavy atom. The van der Waals surface area contributed by atoms with Gasteiger partial charge in [-0.1, -0.05) is 6.42 Å². The highest BCUT2D eigenvalue weighted by Crippen LogP contribution is 2.58. The molecule has 0 bridgehead atoms. The van der Waals surface area contributed by atoms with Crippen molar-refractivity contribution in [2.45, 2.75) is 44.8 Å². The van der Waals surface area contributed by atoms with Gasteiger partial charge in [0.05, 0.1) is 26.4 Å². The number of benzene rings is 1. The third-order valence-electron chi connectivity index (χ3n) is 5.35. The van der Waals surface area contributed by atoms with Crippen LogP contribution in [0.2, 0.25) is 0 Å². The van der Waals surface area contributed by atoms with Crippen LogP contribution in [0.3, 0.4) is 0 Å². The minimum absolute atomic E-state index is 0.222. The number of guanidine groups is 1. The van der Waals surface area contributed by atoms with Crippen molar-refractivity contribution >= 4 is 11.6 Å². The summed E-state index contributed by atoms with van der Waals surface area (Å²) in [6, 6.07) is 5.85. The molecule has 2 fully saturated rings. The maximum atomic E-state index is 6.12. The van der Waals surface area contributed by atoms with E-state index in [4.69, 9.17) is 24.9 Å². The van der Waals surface area contributed by atoms with Crippen LogP contribution in [0.5, 0.6) is 11.5 Å². The summed E-state index contributed by atoms with van der Waals surface area (Å²) in [6.45, 7) is 2.82. The zero-order valence-corrected chi connectivity index (χ0v) is 14.7. The van der Waals surface area contributed by atoms with Crippen molar-refractivity contribution in [2.24, 2.45) is 16.1 Å². The van der Waals surface area contributed by atoms with Crippen LogP contribution >= 0.6 is 0 Å². The van der Waals surface area contributed by atoms with Crippen molar-refractivity contribution in [1.82, 2.24) is 0 Å². The monoisotopic (exact) mass is 333 g/mol. The van der Waals surface area contributed by atoms with Gasteiger partial charge in [0.2, 0.25) is 0 Å². The molecule has 1 spiro atoms. The lowest BCUT2D eigenvalue weighted by atomic mass is 9.51. The Hall–Kier alpha value is -1.95. The molecule has 0 amide bonds. The van der Waals surface area contributed by atoms with Gasteiger partial charge in [0.1, 0.15) is 0 Å². The lowest BCUT2D eigenvalue weighted by Gasteiger charge is -2.59. The number of nitrogens with one attached hydrogen (secondary N) is 1. The number of methoxy groups -OCH3 is 2. The SMILES string of the molecule is CCOC1CC(N=C(N)Nc2ccc(OC)c(OC)c2)C12CCC2. The number of hydrogen-bond acceptors (Lipinski definition) is 4. The number of ether oxygens (including phenoxy) is 3. The van der Waals surface area contributed by atoms with Crippen LogP contribution in [0.1, 0.15) is 32.6 Å². The first-order valence-corrected chi connectivity index (χ1v) is 8.57. The normalized spacial score (nSPS) is 24.9. The summed E-state index contributed by atoms with van der Waals surface area (Å²) in [5.41, 5.74) is 7.18. The average molecular weight is 333 g/mol. The highest BCUT2D eigenvalue weighted by atomic mass is 16.5. The van der Waals surface area contributed by atoms with Crippen molar-refractivity contribution in [3.05, 3.63) is 18.2 Å². The molecule has 1 aromatic carbocycles. The van der Waals surface area contributed by atoms with Crippen LogP contribution < -0.4 is 20.5 Å². The van der Waals surface area contributed by atoms with E-state index in [1.54, 1.807) is 14.2 Å². The largest absolute Gasteiger partial charge is 0.493 e. The van der Waals surface area contributed by atoms with Gasteiger partial charge in [0.15, 0.2) is 17.5 Å². The van der Waals surface area contributed by atoms with E-state index in [-0.39, 0.29) is 11.5 Å². The number of nitrogens with zero attached hydrogens (tertiary/aromatic N) is 1. The number of hydrogen-bond donors (Lipinski definition) is 2. The molecule has 0 radical (unpaired) electrons. The molecule has 1 aromatic rings. The molecule has 6 nitrogen and oxygen atoms in total. The molecular formula is C18H27N3O3. The smallest absolute Gasteiger partial charge is 0.193 e. The predicted octanol–water partition coefficient (Wildman–Crippen LogP) is 2.78. The summed E-state index contributed by atoms with van der Waals surface area (Å²) in [5, 5.41) is 3.15. The van der Waals surface area contributed by atoms with Gasteiger partial charge in [-0.05, 0) is 38.3 Å². The number of aliphatic imine (C=N–C) groups is 1. The van der Waals surface area contributed by atoms with Crippen LogP contribution in [0, 0.1) is 5.41 Å². The van der Waals surface area contributed by atoms with Gasteiger partial charge in [-0.3, -0.25) is 0 Å². The van der Waals surface area contributed by atoms with Crippen LogP contribution in [0.25, 0.3) is 0 Å². The molecule has 132 valence electrons. The molecule has 0 aliphatic heterocycles. The topological polar surface area (TPSA) is 78.1 Å². The predicted molar refractivity (Wildman–Crippen MR) is 94.9 cm³/mol. The summed E-state index contributed by atoms with van der Waals surface area (Å²) in [4.78, 5) is 4.71. The maximum absolute atomic E-state index is 6.12. The van der Waals surface area contributed by atoms with Gasteiger partial charge in [0, 0.05) is 23.8 Å². The van der Waals surface area contributed by atoms with Crippen LogP contribution in [0.4, 0.5) is 5.69 Å². The standard InChI is InChI=1S/C18H27N3O3/c1-4-24-16-11-15(18(16)8-5-9-18)21-17(19)20-12-6-7-13(22-2)14(10-12)23-3/h6-7,10,15-16H,4-5,8-9,11H2,1-3H3,(H3,19,20,21). The number of anilines is 1. The molecule has 2 aliphatic rings. The molecular weight excluding hydrogens is 306 g/mol. The second-order valence-corrected chi connectivity index (χ2v) is 6.49. The minimum Gasteiger partial charge on any atom is -0.493 e. The van der Waals surface area contributed by atoms with Gasteiger partial charge in [-0.25, -0.2) is 4.99 Å². The molecule has 24 heavy (non-hydrogen) atoms. The summed E-state index contributed by atoms with van der Waals surface area (Å²) in [5.74, 6) is 1.78. The highest BCUT2D eigenvalue weighted by molar-refractivity contribution is 5.92. The first-order valence-electron chi connectivity index (χ1n) is 8.57. The molecule has 6 heteroatoms. The molecule has 2 aliphatic carbocycles. The van der Waals surface area contributed by atoms with Gasteiger partial charge < -0.3 is 25.3 Å². The lowest BCUT2D eigenvalue weighted by molar-refractivity contribution is -0.162. The fourth-order valence-corrected chi connectivity index (χ4v) is 3.84. The van der Waals surface area contributed by atoms with E-state index in [0.29, 0.717) is 23.6 Å². The third kappa shape index (κ3) is 2.90. The molecule has 0 heterocycles. The van der Waals surface area contributed by atoms with E-state index in [0.717, 1.165) is 18.7 Å². The molecule has 3 rings (SSSR count). The van der Waals surface area contributed by atoms with Gasteiger partial charge in [-0.2, -0.15) is 0 Å². The Labute approximate surface area is 143 Å². The Bertz CT molecular complexity index is 614. The Kier molecular flexibility index (Phi) is 4.85. The molecule has 2 unspecified atom stereocenters. The van der Waals surface area contributed by atoms with E-state index < -0.39 is 0 Å². The second kappa shape index (κ2) is 6.89. The fourth-order valence-electron chi connectivity index (χ4n) is 3.84. The summed E-state index contributed by atoms with van der Waals surface area (Å²) < 4.78 is 16.4. The van der Waals surface area contributed by atoms with Crippen molar-refractivity contribution in [2.75, 3.05) is 26.1 Å². The third-order valence-corrected chi connectivity index (χ3v) is 5.35. The summed E-state index contributed by atoms with van der Waals surface area (Å²) >= 11 is 0. The van der Waals surface area contributed by atoms with Crippen LogP contribution in [0.15, 0.2) is 23.2 Å². The zero-order valence-electron chi connectivity index (χ0n) is 14.7. The van der Waals surface area contributed by atoms with Crippen molar-refractivity contribution < 1.29 is 14.2 Å². The maximum Gasteiger partial charge on any atom is 0.193 e. The lowest BCUT2D eigenvalue weighted by Crippen LogP contribution is -2.61. The second-order valence-electron chi connectivity index (χ2n) is 6.49. The summed E-state index contributed by atoms with van der Waals surface area (Å²) in [6.07, 6.45) is 4.95. The van der Waals surface area contributed by atoms with Gasteiger partial charge >= 0.3 is 0 Å². The molecule has 0 aromatic heterocycles. The van der Waals surface area contributed by atoms with E-state index in [2.05, 4.69) is 12.2 Å². The Balaban J connectivity index is 1.67. The van der Waals surface area contributed by atoms with Crippen molar-refractivity contribution in [3.63, 3.8) is 0 Å². The van der Waals surface area contributed by atoms with Crippen molar-refractivity contribution in [1.29, 1.82) is 0 Å². The summed E-state index contributed by atoms with van der Waals surface area (Å²) in [7, 11) is 3.23. The van der Waals surface area contributed by atoms with E-state index in [1.165, 1.54) is 19.3 Å². The highest BCUT2D eigenvalue weighted by Gasteiger charge is 2.59. The van der Waals surface area contributed by atoms with E-state index in [9.17, 15) is 0 Å². The first kappa shape index (κ1) is 16.9. The average Bonchev–Trinajstić information content (AvgIpc) is 2.52. The number of nitrogens with two attached hydrogens (primary N) is 1. The van der Waals surface area contributed by atoms with Gasteiger partial charge in [0.25, 0.3) is 0 Å². The van der Waals surface area contributed by atoms with Crippen LogP contribution in [-0.4, -0.2) is 38.9 Å². The Morgan fingerprint density at radius 3 is 2.62 bits per heavy atom. The fraction of sp³-hybridized carbons (Fsp3) is 0.611. The first-order chi connectivity index (χ1) is 11.6. The zero-order chi connectivity index (χ0) is 17.2. The van der Waals surface area contributed by atoms with Crippen LogP contribution in [-0.2, 0) is 4.74 Å². The molecule has 2 atom stereocenters. The minimum atomic E-state index is 0.222. The Morgan fingerprint density at radius 2 is 2.04 bits per heavy atom. The molecule has 3 N–H and O–H groups in total. The molecule has 2 saturated carbocycles. The van der Waals surface area contributed by atoms with E-state index in [1.807, 2.05) is 18.2 Å². The quantitative estimate of drug-likeness (QED) is 0.618.